The highest BCUT2D eigenvalue weighted by Crippen LogP contribution is 2.24. The third kappa shape index (κ3) is 6.57. The van der Waals surface area contributed by atoms with Crippen molar-refractivity contribution in [1.82, 2.24) is 5.32 Å². The summed E-state index contributed by atoms with van der Waals surface area (Å²) >= 11 is 0. The number of halogens is 4. The summed E-state index contributed by atoms with van der Waals surface area (Å²) in [5.41, 5.74) is 6.37. The van der Waals surface area contributed by atoms with Gasteiger partial charge in [0.2, 0.25) is 5.91 Å². The van der Waals surface area contributed by atoms with Gasteiger partial charge in [-0.1, -0.05) is 25.0 Å². The van der Waals surface area contributed by atoms with E-state index < -0.39 is 6.36 Å². The molecule has 2 unspecified atom stereocenters. The second-order valence-electron chi connectivity index (χ2n) is 5.82. The van der Waals surface area contributed by atoms with Crippen molar-refractivity contribution in [2.75, 3.05) is 6.54 Å². The number of benzene rings is 1. The highest BCUT2D eigenvalue weighted by atomic mass is 35.5. The van der Waals surface area contributed by atoms with Crippen LogP contribution in [0.1, 0.15) is 31.2 Å². The van der Waals surface area contributed by atoms with Gasteiger partial charge in [0.25, 0.3) is 0 Å². The first-order valence-corrected chi connectivity index (χ1v) is 7.71. The standard InChI is InChI=1S/C16H21F3N2O2.ClH/c17-16(18,19)23-13-7-5-11(6-8-13)9-15(22)21-14-4-2-1-3-12(14)10-20;/h5-8,12,14H,1-4,9-10,20H2,(H,21,22);1H. The molecule has 1 aliphatic carbocycles. The fraction of sp³-hybridized carbons (Fsp3) is 0.562. The fourth-order valence-corrected chi connectivity index (χ4v) is 2.93. The highest BCUT2D eigenvalue weighted by molar-refractivity contribution is 5.85. The molecule has 136 valence electrons. The zero-order valence-corrected chi connectivity index (χ0v) is 14.0. The minimum atomic E-state index is -4.71. The Morgan fingerprint density at radius 3 is 2.42 bits per heavy atom. The molecule has 1 amide bonds. The van der Waals surface area contributed by atoms with E-state index in [2.05, 4.69) is 10.1 Å². The Morgan fingerprint density at radius 1 is 1.21 bits per heavy atom. The van der Waals surface area contributed by atoms with Crippen LogP contribution in [0.5, 0.6) is 5.75 Å². The van der Waals surface area contributed by atoms with E-state index >= 15 is 0 Å². The normalized spacial score (nSPS) is 20.8. The van der Waals surface area contributed by atoms with Crippen LogP contribution in [-0.4, -0.2) is 24.9 Å². The van der Waals surface area contributed by atoms with Crippen LogP contribution in [0.2, 0.25) is 0 Å². The lowest BCUT2D eigenvalue weighted by Crippen LogP contribution is -2.45. The zero-order valence-electron chi connectivity index (χ0n) is 13.1. The van der Waals surface area contributed by atoms with Gasteiger partial charge in [0.05, 0.1) is 6.42 Å². The Bertz CT molecular complexity index is 523. The van der Waals surface area contributed by atoms with E-state index in [4.69, 9.17) is 5.73 Å². The predicted octanol–water partition coefficient (Wildman–Crippen LogP) is 3.18. The van der Waals surface area contributed by atoms with Crippen LogP contribution in [-0.2, 0) is 11.2 Å². The molecule has 0 spiro atoms. The molecule has 0 radical (unpaired) electrons. The first-order valence-electron chi connectivity index (χ1n) is 7.71. The molecule has 0 heterocycles. The molecule has 0 saturated heterocycles. The minimum Gasteiger partial charge on any atom is -0.406 e. The van der Waals surface area contributed by atoms with Crippen molar-refractivity contribution >= 4 is 18.3 Å². The van der Waals surface area contributed by atoms with Crippen molar-refractivity contribution in [2.24, 2.45) is 11.7 Å². The molecule has 3 N–H and O–H groups in total. The van der Waals surface area contributed by atoms with Crippen LogP contribution < -0.4 is 15.8 Å². The van der Waals surface area contributed by atoms with Gasteiger partial charge in [0, 0.05) is 6.04 Å². The van der Waals surface area contributed by atoms with Crippen molar-refractivity contribution < 1.29 is 22.7 Å². The van der Waals surface area contributed by atoms with Crippen LogP contribution in [0.25, 0.3) is 0 Å². The van der Waals surface area contributed by atoms with Crippen LogP contribution in [0.3, 0.4) is 0 Å². The summed E-state index contributed by atoms with van der Waals surface area (Å²) in [6.07, 6.45) is -0.437. The topological polar surface area (TPSA) is 64.3 Å². The fourth-order valence-electron chi connectivity index (χ4n) is 2.93. The molecular weight excluding hydrogens is 345 g/mol. The second kappa shape index (κ2) is 9.13. The minimum absolute atomic E-state index is 0. The summed E-state index contributed by atoms with van der Waals surface area (Å²) in [4.78, 5) is 12.1. The molecule has 4 nitrogen and oxygen atoms in total. The average molecular weight is 367 g/mol. The molecule has 1 aliphatic rings. The summed E-state index contributed by atoms with van der Waals surface area (Å²) in [5.74, 6) is -0.132. The van der Waals surface area contributed by atoms with Gasteiger partial charge in [-0.05, 0) is 43.0 Å². The Morgan fingerprint density at radius 2 is 1.83 bits per heavy atom. The Hall–Kier alpha value is -1.47. The number of alkyl halides is 3. The molecule has 2 rings (SSSR count). The van der Waals surface area contributed by atoms with Gasteiger partial charge in [-0.15, -0.1) is 25.6 Å². The molecule has 0 aliphatic heterocycles. The first-order chi connectivity index (χ1) is 10.9. The monoisotopic (exact) mass is 366 g/mol. The third-order valence-electron chi connectivity index (χ3n) is 4.08. The van der Waals surface area contributed by atoms with E-state index in [0.29, 0.717) is 18.0 Å². The lowest BCUT2D eigenvalue weighted by atomic mass is 9.84. The molecule has 1 aromatic carbocycles. The maximum absolute atomic E-state index is 12.1. The van der Waals surface area contributed by atoms with Crippen molar-refractivity contribution in [2.45, 2.75) is 44.5 Å². The summed E-state index contributed by atoms with van der Waals surface area (Å²) < 4.78 is 40.1. The van der Waals surface area contributed by atoms with Crippen molar-refractivity contribution in [3.05, 3.63) is 29.8 Å². The van der Waals surface area contributed by atoms with Gasteiger partial charge in [0.15, 0.2) is 0 Å². The van der Waals surface area contributed by atoms with Gasteiger partial charge < -0.3 is 15.8 Å². The lowest BCUT2D eigenvalue weighted by molar-refractivity contribution is -0.274. The lowest BCUT2D eigenvalue weighted by Gasteiger charge is -2.31. The summed E-state index contributed by atoms with van der Waals surface area (Å²) in [6, 6.07) is 5.43. The third-order valence-corrected chi connectivity index (χ3v) is 4.08. The number of amides is 1. The van der Waals surface area contributed by atoms with Gasteiger partial charge in [-0.2, -0.15) is 0 Å². The maximum atomic E-state index is 12.1. The molecule has 1 fully saturated rings. The van der Waals surface area contributed by atoms with Crippen LogP contribution in [0.15, 0.2) is 24.3 Å². The van der Waals surface area contributed by atoms with Crippen molar-refractivity contribution in [3.63, 3.8) is 0 Å². The van der Waals surface area contributed by atoms with Crippen LogP contribution in [0, 0.1) is 5.92 Å². The summed E-state index contributed by atoms with van der Waals surface area (Å²) in [5, 5.41) is 2.99. The molecule has 24 heavy (non-hydrogen) atoms. The number of nitrogens with one attached hydrogen (secondary N) is 1. The van der Waals surface area contributed by atoms with E-state index in [-0.39, 0.29) is 36.5 Å². The largest absolute Gasteiger partial charge is 0.573 e. The Kier molecular flexibility index (Phi) is 7.83. The number of rotatable bonds is 5. The van der Waals surface area contributed by atoms with Gasteiger partial charge in [-0.25, -0.2) is 0 Å². The van der Waals surface area contributed by atoms with Crippen LogP contribution in [0.4, 0.5) is 13.2 Å². The SMILES string of the molecule is Cl.NCC1CCCCC1NC(=O)Cc1ccc(OC(F)(F)F)cc1. The predicted molar refractivity (Wildman–Crippen MR) is 87.0 cm³/mol. The molecule has 1 saturated carbocycles. The van der Waals surface area contributed by atoms with Crippen molar-refractivity contribution in [3.8, 4) is 5.75 Å². The molecule has 0 bridgehead atoms. The molecule has 1 aromatic rings. The summed E-state index contributed by atoms with van der Waals surface area (Å²) in [6.45, 7) is 0.550. The van der Waals surface area contributed by atoms with Crippen molar-refractivity contribution in [1.29, 1.82) is 0 Å². The Labute approximate surface area is 145 Å². The molecule has 2 atom stereocenters. The number of hydrogen-bond acceptors (Lipinski definition) is 3. The van der Waals surface area contributed by atoms with E-state index in [9.17, 15) is 18.0 Å². The maximum Gasteiger partial charge on any atom is 0.573 e. The first kappa shape index (κ1) is 20.6. The average Bonchev–Trinajstić information content (AvgIpc) is 2.48. The number of carbonyl (C=O) groups excluding carboxylic acids is 1. The van der Waals surface area contributed by atoms with Crippen LogP contribution >= 0.6 is 12.4 Å². The number of hydrogen-bond donors (Lipinski definition) is 2. The molecular formula is C16H22ClF3N2O2. The van der Waals surface area contributed by atoms with E-state index in [1.165, 1.54) is 24.3 Å². The van der Waals surface area contributed by atoms with E-state index in [0.717, 1.165) is 25.7 Å². The van der Waals surface area contributed by atoms with Gasteiger partial charge >= 0.3 is 6.36 Å². The zero-order chi connectivity index (χ0) is 16.9. The second-order valence-corrected chi connectivity index (χ2v) is 5.82. The quantitative estimate of drug-likeness (QED) is 0.841. The van der Waals surface area contributed by atoms with E-state index in [1.807, 2.05) is 0 Å². The smallest absolute Gasteiger partial charge is 0.406 e. The number of carbonyl (C=O) groups is 1. The molecule has 0 aromatic heterocycles. The summed E-state index contributed by atoms with van der Waals surface area (Å²) in [7, 11) is 0. The highest BCUT2D eigenvalue weighted by Gasteiger charge is 2.31. The number of ether oxygens (including phenoxy) is 1. The Balaban J connectivity index is 0.00000288. The van der Waals surface area contributed by atoms with Gasteiger partial charge in [0.1, 0.15) is 5.75 Å². The van der Waals surface area contributed by atoms with Gasteiger partial charge in [-0.3, -0.25) is 4.79 Å². The molecule has 8 heteroatoms. The number of nitrogens with two attached hydrogens (primary N) is 1. The van der Waals surface area contributed by atoms with E-state index in [1.54, 1.807) is 0 Å².